The fraction of sp³-hybridized carbons (Fsp3) is 0.500. The molecule has 0 unspecified atom stereocenters. The molecule has 0 aromatic heterocycles. The lowest BCUT2D eigenvalue weighted by Crippen LogP contribution is -2.51. The molecule has 0 saturated heterocycles. The molecule has 8 heteroatoms. The monoisotopic (exact) mass is 308 g/mol. The molecule has 1 saturated carbocycles. The summed E-state index contributed by atoms with van der Waals surface area (Å²) in [7, 11) is -4.30. The van der Waals surface area contributed by atoms with E-state index in [1.807, 2.05) is 0 Å². The molecule has 1 fully saturated rings. The number of nitrogens with one attached hydrogen (secondary N) is 1. The van der Waals surface area contributed by atoms with Crippen molar-refractivity contribution >= 4 is 10.0 Å². The number of sulfonamides is 1. The lowest BCUT2D eigenvalue weighted by molar-refractivity contribution is 0.394. The molecule has 0 heterocycles. The first-order valence-electron chi connectivity index (χ1n) is 6.19. The summed E-state index contributed by atoms with van der Waals surface area (Å²) in [6, 6.07) is 1.28. The van der Waals surface area contributed by atoms with Gasteiger partial charge in [0.25, 0.3) is 0 Å². The Hall–Kier alpha value is -1.12. The Morgan fingerprint density at radius 1 is 1.15 bits per heavy atom. The minimum atomic E-state index is -4.30. The highest BCUT2D eigenvalue weighted by atomic mass is 32.2. The van der Waals surface area contributed by atoms with Crippen LogP contribution in [-0.2, 0) is 10.0 Å². The standard InChI is InChI=1S/C12H15F3N2O2S/c13-8-3-4-9(11(15)10(8)14)20(18,19)17-12(7-16)5-1-2-6-12/h3-4,17H,1-2,5-7,16H2. The summed E-state index contributed by atoms with van der Waals surface area (Å²) in [6.07, 6.45) is 2.68. The van der Waals surface area contributed by atoms with Gasteiger partial charge in [-0.1, -0.05) is 12.8 Å². The van der Waals surface area contributed by atoms with Gasteiger partial charge in [0.2, 0.25) is 10.0 Å². The molecule has 112 valence electrons. The third kappa shape index (κ3) is 2.68. The van der Waals surface area contributed by atoms with Crippen LogP contribution < -0.4 is 10.5 Å². The summed E-state index contributed by atoms with van der Waals surface area (Å²) in [5.41, 5.74) is 4.75. The largest absolute Gasteiger partial charge is 0.329 e. The van der Waals surface area contributed by atoms with Crippen LogP contribution in [0.25, 0.3) is 0 Å². The van der Waals surface area contributed by atoms with Gasteiger partial charge in [-0.2, -0.15) is 0 Å². The van der Waals surface area contributed by atoms with Gasteiger partial charge in [-0.15, -0.1) is 0 Å². The second kappa shape index (κ2) is 5.34. The van der Waals surface area contributed by atoms with Crippen molar-refractivity contribution in [1.82, 2.24) is 4.72 Å². The lowest BCUT2D eigenvalue weighted by Gasteiger charge is -2.28. The van der Waals surface area contributed by atoms with Crippen LogP contribution in [0.2, 0.25) is 0 Å². The van der Waals surface area contributed by atoms with Gasteiger partial charge in [0, 0.05) is 12.1 Å². The predicted molar refractivity (Wildman–Crippen MR) is 66.9 cm³/mol. The first-order chi connectivity index (χ1) is 9.31. The van der Waals surface area contributed by atoms with E-state index in [1.165, 1.54) is 0 Å². The van der Waals surface area contributed by atoms with Gasteiger partial charge < -0.3 is 5.73 Å². The van der Waals surface area contributed by atoms with Crippen LogP contribution in [0.5, 0.6) is 0 Å². The molecule has 0 bridgehead atoms. The molecule has 20 heavy (non-hydrogen) atoms. The van der Waals surface area contributed by atoms with Gasteiger partial charge in [-0.25, -0.2) is 26.3 Å². The van der Waals surface area contributed by atoms with E-state index in [0.717, 1.165) is 12.8 Å². The maximum atomic E-state index is 13.6. The first kappa shape index (κ1) is 15.3. The topological polar surface area (TPSA) is 72.2 Å². The van der Waals surface area contributed by atoms with E-state index in [-0.39, 0.29) is 6.54 Å². The highest BCUT2D eigenvalue weighted by Gasteiger charge is 2.38. The third-order valence-corrected chi connectivity index (χ3v) is 5.19. The molecule has 0 radical (unpaired) electrons. The third-order valence-electron chi connectivity index (χ3n) is 3.59. The van der Waals surface area contributed by atoms with Crippen LogP contribution in [0, 0.1) is 17.5 Å². The molecular weight excluding hydrogens is 293 g/mol. The SMILES string of the molecule is NCC1(NS(=O)(=O)c2ccc(F)c(F)c2F)CCCC1. The van der Waals surface area contributed by atoms with Crippen molar-refractivity contribution in [2.45, 2.75) is 36.1 Å². The molecule has 3 N–H and O–H groups in total. The van der Waals surface area contributed by atoms with Crippen LogP contribution in [0.15, 0.2) is 17.0 Å². The van der Waals surface area contributed by atoms with E-state index in [2.05, 4.69) is 4.72 Å². The van der Waals surface area contributed by atoms with Crippen molar-refractivity contribution in [1.29, 1.82) is 0 Å². The summed E-state index contributed by atoms with van der Waals surface area (Å²) in [6.45, 7) is 0.0670. The number of hydrogen-bond acceptors (Lipinski definition) is 3. The molecule has 0 spiro atoms. The van der Waals surface area contributed by atoms with E-state index in [9.17, 15) is 21.6 Å². The number of benzene rings is 1. The summed E-state index contributed by atoms with van der Waals surface area (Å²) in [5.74, 6) is -4.96. The van der Waals surface area contributed by atoms with Crippen molar-refractivity contribution in [2.24, 2.45) is 5.73 Å². The Bertz CT molecular complexity index is 613. The zero-order valence-electron chi connectivity index (χ0n) is 10.6. The molecule has 2 rings (SSSR count). The summed E-state index contributed by atoms with van der Waals surface area (Å²) >= 11 is 0. The first-order valence-corrected chi connectivity index (χ1v) is 7.67. The number of hydrogen-bond donors (Lipinski definition) is 2. The Kier molecular flexibility index (Phi) is 4.08. The highest BCUT2D eigenvalue weighted by Crippen LogP contribution is 2.31. The normalized spacial score (nSPS) is 18.4. The fourth-order valence-electron chi connectivity index (χ4n) is 2.46. The van der Waals surface area contributed by atoms with Crippen LogP contribution in [0.4, 0.5) is 13.2 Å². The van der Waals surface area contributed by atoms with Crippen molar-refractivity contribution in [2.75, 3.05) is 6.54 Å². The van der Waals surface area contributed by atoms with Crippen LogP contribution in [-0.4, -0.2) is 20.5 Å². The van der Waals surface area contributed by atoms with Gasteiger partial charge in [0.15, 0.2) is 17.5 Å². The van der Waals surface area contributed by atoms with Crippen LogP contribution in [0.1, 0.15) is 25.7 Å². The quantitative estimate of drug-likeness (QED) is 0.831. The predicted octanol–water partition coefficient (Wildman–Crippen LogP) is 1.65. The zero-order chi connectivity index (χ0) is 15.0. The summed E-state index contributed by atoms with van der Waals surface area (Å²) in [4.78, 5) is -0.906. The van der Waals surface area contributed by atoms with E-state index >= 15 is 0 Å². The smallest absolute Gasteiger partial charge is 0.244 e. The summed E-state index contributed by atoms with van der Waals surface area (Å²) in [5, 5.41) is 0. The lowest BCUT2D eigenvalue weighted by atomic mass is 10.0. The Labute approximate surface area is 115 Å². The van der Waals surface area contributed by atoms with Crippen molar-refractivity contribution < 1.29 is 21.6 Å². The van der Waals surface area contributed by atoms with Gasteiger partial charge in [0.05, 0.1) is 0 Å². The van der Waals surface area contributed by atoms with Gasteiger partial charge in [-0.05, 0) is 25.0 Å². The van der Waals surface area contributed by atoms with Crippen LogP contribution >= 0.6 is 0 Å². The molecule has 1 aromatic rings. The molecule has 0 atom stereocenters. The average molecular weight is 308 g/mol. The molecule has 0 amide bonds. The number of nitrogens with two attached hydrogens (primary N) is 1. The van der Waals surface area contributed by atoms with Gasteiger partial charge >= 0.3 is 0 Å². The van der Waals surface area contributed by atoms with Crippen molar-refractivity contribution in [3.63, 3.8) is 0 Å². The highest BCUT2D eigenvalue weighted by molar-refractivity contribution is 7.89. The summed E-state index contributed by atoms with van der Waals surface area (Å²) < 4.78 is 66.2. The number of rotatable bonds is 4. The van der Waals surface area contributed by atoms with Gasteiger partial charge in [0.1, 0.15) is 4.90 Å². The zero-order valence-corrected chi connectivity index (χ0v) is 11.4. The van der Waals surface area contributed by atoms with Gasteiger partial charge in [-0.3, -0.25) is 0 Å². The van der Waals surface area contributed by atoms with E-state index < -0.39 is 37.9 Å². The molecule has 1 aliphatic rings. The minimum absolute atomic E-state index is 0.0670. The number of halogens is 3. The molecule has 1 aromatic carbocycles. The second-order valence-corrected chi connectivity index (χ2v) is 6.62. The van der Waals surface area contributed by atoms with Crippen LogP contribution in [0.3, 0.4) is 0 Å². The molecular formula is C12H15F3N2O2S. The Morgan fingerprint density at radius 3 is 2.30 bits per heavy atom. The van der Waals surface area contributed by atoms with E-state index in [0.29, 0.717) is 25.0 Å². The molecule has 0 aliphatic heterocycles. The van der Waals surface area contributed by atoms with Crippen molar-refractivity contribution in [3.8, 4) is 0 Å². The second-order valence-electron chi connectivity index (χ2n) is 4.97. The van der Waals surface area contributed by atoms with Crippen molar-refractivity contribution in [3.05, 3.63) is 29.6 Å². The molecule has 1 aliphatic carbocycles. The molecule has 4 nitrogen and oxygen atoms in total. The maximum Gasteiger partial charge on any atom is 0.244 e. The Morgan fingerprint density at radius 2 is 1.75 bits per heavy atom. The Balaban J connectivity index is 2.38. The van der Waals surface area contributed by atoms with E-state index in [4.69, 9.17) is 5.73 Å². The fourth-order valence-corrected chi connectivity index (χ4v) is 4.00. The average Bonchev–Trinajstić information content (AvgIpc) is 2.84. The maximum absolute atomic E-state index is 13.6. The van der Waals surface area contributed by atoms with E-state index in [1.54, 1.807) is 0 Å². The minimum Gasteiger partial charge on any atom is -0.329 e.